The lowest BCUT2D eigenvalue weighted by molar-refractivity contribution is -0.114. The Hall–Kier alpha value is -2.06. The van der Waals surface area contributed by atoms with Crippen LogP contribution in [0.1, 0.15) is 30.4 Å². The minimum atomic E-state index is -0.884. The van der Waals surface area contributed by atoms with Gasteiger partial charge < -0.3 is 15.2 Å². The Morgan fingerprint density at radius 3 is 3.00 bits per heavy atom. The second kappa shape index (κ2) is 4.74. The minimum Gasteiger partial charge on any atom is -0.497 e. The predicted octanol–water partition coefficient (Wildman–Crippen LogP) is 1.04. The number of carbonyl (C=O) groups excluding carboxylic acids is 1. The minimum absolute atomic E-state index is 0.413. The summed E-state index contributed by atoms with van der Waals surface area (Å²) in [5.74, 6) is 0.711. The number of nitrogens with zero attached hydrogens (tertiary/aromatic N) is 1. The summed E-state index contributed by atoms with van der Waals surface area (Å²) < 4.78 is 5.23. The van der Waals surface area contributed by atoms with E-state index in [-0.39, 0.29) is 0 Å². The SMILES string of the molecule is COc1ccc2c(c1)C[C@H](O)[C@@]1(NC=O)CCCC21C#N. The van der Waals surface area contributed by atoms with Crippen molar-refractivity contribution in [3.8, 4) is 11.8 Å². The zero-order valence-electron chi connectivity index (χ0n) is 11.9. The van der Waals surface area contributed by atoms with Gasteiger partial charge in [-0.05, 0) is 42.5 Å². The van der Waals surface area contributed by atoms with Crippen LogP contribution in [0.25, 0.3) is 0 Å². The van der Waals surface area contributed by atoms with E-state index in [1.807, 2.05) is 18.2 Å². The number of aliphatic hydroxyl groups is 1. The van der Waals surface area contributed by atoms with Crippen LogP contribution in [0.2, 0.25) is 0 Å². The van der Waals surface area contributed by atoms with E-state index in [2.05, 4.69) is 11.4 Å². The fourth-order valence-corrected chi connectivity index (χ4v) is 4.17. The molecule has 1 fully saturated rings. The Balaban J connectivity index is 2.23. The Bertz CT molecular complexity index is 624. The third kappa shape index (κ3) is 1.63. The van der Waals surface area contributed by atoms with E-state index in [0.717, 1.165) is 17.5 Å². The van der Waals surface area contributed by atoms with Gasteiger partial charge in [-0.25, -0.2) is 0 Å². The van der Waals surface area contributed by atoms with Gasteiger partial charge in [0.05, 0.1) is 24.8 Å². The predicted molar refractivity (Wildman–Crippen MR) is 75.8 cm³/mol. The van der Waals surface area contributed by atoms with E-state index in [0.29, 0.717) is 31.4 Å². The molecule has 21 heavy (non-hydrogen) atoms. The lowest BCUT2D eigenvalue weighted by Crippen LogP contribution is -2.66. The van der Waals surface area contributed by atoms with Crippen LogP contribution in [0.4, 0.5) is 0 Å². The smallest absolute Gasteiger partial charge is 0.207 e. The highest BCUT2D eigenvalue weighted by Gasteiger charge is 2.63. The monoisotopic (exact) mass is 286 g/mol. The molecule has 1 saturated carbocycles. The molecule has 110 valence electrons. The molecule has 0 heterocycles. The van der Waals surface area contributed by atoms with Gasteiger partial charge in [0.25, 0.3) is 0 Å². The Labute approximate surface area is 123 Å². The number of aliphatic hydroxyl groups excluding tert-OH is 1. The van der Waals surface area contributed by atoms with Gasteiger partial charge in [0.15, 0.2) is 0 Å². The van der Waals surface area contributed by atoms with Crippen molar-refractivity contribution < 1.29 is 14.6 Å². The average molecular weight is 286 g/mol. The highest BCUT2D eigenvalue weighted by molar-refractivity contribution is 5.57. The van der Waals surface area contributed by atoms with Crippen molar-refractivity contribution in [2.24, 2.45) is 0 Å². The van der Waals surface area contributed by atoms with Crippen LogP contribution in [-0.4, -0.2) is 30.3 Å². The fourth-order valence-electron chi connectivity index (χ4n) is 4.17. The van der Waals surface area contributed by atoms with E-state index in [1.54, 1.807) is 7.11 Å². The molecule has 0 bridgehead atoms. The maximum Gasteiger partial charge on any atom is 0.207 e. The summed E-state index contributed by atoms with van der Waals surface area (Å²) in [4.78, 5) is 11.1. The number of hydrogen-bond acceptors (Lipinski definition) is 4. The molecule has 1 aromatic rings. The largest absolute Gasteiger partial charge is 0.497 e. The van der Waals surface area contributed by atoms with Crippen LogP contribution in [0.3, 0.4) is 0 Å². The van der Waals surface area contributed by atoms with E-state index >= 15 is 0 Å². The Kier molecular flexibility index (Phi) is 3.14. The van der Waals surface area contributed by atoms with Crippen LogP contribution in [0, 0.1) is 11.3 Å². The molecular weight excluding hydrogens is 268 g/mol. The molecule has 1 amide bonds. The standard InChI is InChI=1S/C16H18N2O3/c1-21-12-3-4-13-11(7-12)8-14(20)16(18-10-19)6-2-5-15(13,16)9-17/h3-4,7,10,14,20H,2,5-6,8H2,1H3,(H,18,19)/t14-,15?,16-/m0/s1. The number of benzene rings is 1. The molecule has 0 spiro atoms. The summed E-state index contributed by atoms with van der Waals surface area (Å²) in [5.41, 5.74) is 0.0784. The highest BCUT2D eigenvalue weighted by atomic mass is 16.5. The van der Waals surface area contributed by atoms with Crippen molar-refractivity contribution in [1.82, 2.24) is 5.32 Å². The summed E-state index contributed by atoms with van der Waals surface area (Å²) in [5, 5.41) is 23.3. The lowest BCUT2D eigenvalue weighted by Gasteiger charge is -2.49. The molecule has 0 aromatic heterocycles. The highest BCUT2D eigenvalue weighted by Crippen LogP contribution is 2.54. The molecule has 1 aromatic carbocycles. The summed E-state index contributed by atoms with van der Waals surface area (Å²) >= 11 is 0. The van der Waals surface area contributed by atoms with Crippen molar-refractivity contribution in [3.63, 3.8) is 0 Å². The molecule has 0 radical (unpaired) electrons. The molecule has 0 saturated heterocycles. The van der Waals surface area contributed by atoms with Crippen molar-refractivity contribution in [1.29, 1.82) is 5.26 Å². The quantitative estimate of drug-likeness (QED) is 0.813. The summed E-state index contributed by atoms with van der Waals surface area (Å²) in [7, 11) is 1.59. The van der Waals surface area contributed by atoms with Crippen molar-refractivity contribution in [2.75, 3.05) is 7.11 Å². The first-order chi connectivity index (χ1) is 10.1. The maximum atomic E-state index is 11.1. The van der Waals surface area contributed by atoms with Crippen molar-refractivity contribution in [2.45, 2.75) is 42.7 Å². The van der Waals surface area contributed by atoms with E-state index in [1.165, 1.54) is 0 Å². The number of hydrogen-bond donors (Lipinski definition) is 2. The number of ether oxygens (including phenoxy) is 1. The van der Waals surface area contributed by atoms with Crippen molar-refractivity contribution >= 4 is 6.41 Å². The third-order valence-electron chi connectivity index (χ3n) is 5.15. The number of amides is 1. The fraction of sp³-hybridized carbons (Fsp3) is 0.500. The van der Waals surface area contributed by atoms with Gasteiger partial charge in [-0.2, -0.15) is 5.26 Å². The van der Waals surface area contributed by atoms with Crippen LogP contribution in [0.5, 0.6) is 5.75 Å². The second-order valence-electron chi connectivity index (χ2n) is 5.85. The number of methoxy groups -OCH3 is 1. The lowest BCUT2D eigenvalue weighted by atomic mass is 9.59. The molecule has 3 atom stereocenters. The van der Waals surface area contributed by atoms with Gasteiger partial charge in [-0.1, -0.05) is 6.07 Å². The molecule has 5 nitrogen and oxygen atoms in total. The molecule has 0 aliphatic heterocycles. The number of nitriles is 1. The molecule has 2 aliphatic rings. The zero-order valence-corrected chi connectivity index (χ0v) is 11.9. The summed E-state index contributed by atoms with van der Waals surface area (Å²) in [6.45, 7) is 0. The van der Waals surface area contributed by atoms with E-state index < -0.39 is 17.1 Å². The van der Waals surface area contributed by atoms with Gasteiger partial charge in [-0.3, -0.25) is 4.79 Å². The van der Waals surface area contributed by atoms with Gasteiger partial charge in [-0.15, -0.1) is 0 Å². The van der Waals surface area contributed by atoms with Crippen LogP contribution < -0.4 is 10.1 Å². The molecule has 2 aliphatic carbocycles. The van der Waals surface area contributed by atoms with Gasteiger partial charge in [0.1, 0.15) is 11.2 Å². The number of fused-ring (bicyclic) bond motifs is 3. The van der Waals surface area contributed by atoms with Crippen molar-refractivity contribution in [3.05, 3.63) is 29.3 Å². The van der Waals surface area contributed by atoms with Crippen LogP contribution >= 0.6 is 0 Å². The molecule has 2 N–H and O–H groups in total. The third-order valence-corrected chi connectivity index (χ3v) is 5.15. The Morgan fingerprint density at radius 1 is 1.52 bits per heavy atom. The number of carbonyl (C=O) groups is 1. The average Bonchev–Trinajstić information content (AvgIpc) is 2.88. The van der Waals surface area contributed by atoms with Gasteiger partial charge in [0.2, 0.25) is 6.41 Å². The van der Waals surface area contributed by atoms with E-state index in [4.69, 9.17) is 4.74 Å². The van der Waals surface area contributed by atoms with Gasteiger partial charge >= 0.3 is 0 Å². The second-order valence-corrected chi connectivity index (χ2v) is 5.85. The molecular formula is C16H18N2O3. The molecule has 3 rings (SSSR count). The summed E-state index contributed by atoms with van der Waals surface area (Å²) in [6.07, 6.45) is 2.31. The summed E-state index contributed by atoms with van der Waals surface area (Å²) in [6, 6.07) is 8.01. The van der Waals surface area contributed by atoms with Crippen LogP contribution in [-0.2, 0) is 16.6 Å². The topological polar surface area (TPSA) is 82.3 Å². The first-order valence-corrected chi connectivity index (χ1v) is 7.11. The first-order valence-electron chi connectivity index (χ1n) is 7.11. The normalized spacial score (nSPS) is 33.5. The van der Waals surface area contributed by atoms with Crippen LogP contribution in [0.15, 0.2) is 18.2 Å². The number of rotatable bonds is 3. The van der Waals surface area contributed by atoms with E-state index in [9.17, 15) is 15.2 Å². The molecule has 1 unspecified atom stereocenters. The first kappa shape index (κ1) is 13.9. The van der Waals surface area contributed by atoms with Gasteiger partial charge in [0, 0.05) is 6.42 Å². The molecule has 5 heteroatoms. The number of nitrogens with one attached hydrogen (secondary N) is 1. The Morgan fingerprint density at radius 2 is 2.33 bits per heavy atom. The zero-order chi connectivity index (χ0) is 15.1. The maximum absolute atomic E-state index is 11.1.